The van der Waals surface area contributed by atoms with Crippen LogP contribution in [0.25, 0.3) is 0 Å². The van der Waals surface area contributed by atoms with Crippen LogP contribution in [0.4, 0.5) is 0 Å². The van der Waals surface area contributed by atoms with Crippen LogP contribution >= 0.6 is 0 Å². The molecule has 1 fully saturated rings. The SMILES string of the molecule is N#CCc1ccc(OCCN2CCCCCC2)cc1. The molecule has 1 aliphatic rings. The zero-order chi connectivity index (χ0) is 13.3. The standard InChI is InChI=1S/C16H22N2O/c17-10-9-15-5-7-16(8-6-15)19-14-13-18-11-3-1-2-4-12-18/h5-8H,1-4,9,11-14H2. The summed E-state index contributed by atoms with van der Waals surface area (Å²) in [5, 5.41) is 8.61. The number of rotatable bonds is 5. The number of hydrogen-bond acceptors (Lipinski definition) is 3. The largest absolute Gasteiger partial charge is 0.492 e. The van der Waals surface area contributed by atoms with Crippen LogP contribution < -0.4 is 4.74 Å². The molecular weight excluding hydrogens is 236 g/mol. The number of nitrogens with zero attached hydrogens (tertiary/aromatic N) is 2. The van der Waals surface area contributed by atoms with Gasteiger partial charge in [0.15, 0.2) is 0 Å². The fourth-order valence-corrected chi connectivity index (χ4v) is 2.45. The van der Waals surface area contributed by atoms with E-state index in [2.05, 4.69) is 11.0 Å². The Morgan fingerprint density at radius 1 is 1.05 bits per heavy atom. The molecule has 0 atom stereocenters. The second-order valence-electron chi connectivity index (χ2n) is 5.08. The topological polar surface area (TPSA) is 36.3 Å². The quantitative estimate of drug-likeness (QED) is 0.814. The van der Waals surface area contributed by atoms with E-state index in [4.69, 9.17) is 10.00 Å². The van der Waals surface area contributed by atoms with E-state index < -0.39 is 0 Å². The predicted octanol–water partition coefficient (Wildman–Crippen LogP) is 3.01. The lowest BCUT2D eigenvalue weighted by atomic mass is 10.2. The highest BCUT2D eigenvalue weighted by Crippen LogP contribution is 2.13. The van der Waals surface area contributed by atoms with Crippen LogP contribution in [0.1, 0.15) is 31.2 Å². The molecule has 0 radical (unpaired) electrons. The van der Waals surface area contributed by atoms with Gasteiger partial charge in [0.1, 0.15) is 12.4 Å². The molecule has 1 aromatic rings. The van der Waals surface area contributed by atoms with Gasteiger partial charge in [0.2, 0.25) is 0 Å². The summed E-state index contributed by atoms with van der Waals surface area (Å²) in [5.74, 6) is 0.900. The van der Waals surface area contributed by atoms with Crippen molar-refractivity contribution < 1.29 is 4.74 Å². The average molecular weight is 258 g/mol. The molecule has 1 saturated heterocycles. The molecule has 0 saturated carbocycles. The van der Waals surface area contributed by atoms with Crippen molar-refractivity contribution >= 4 is 0 Å². The van der Waals surface area contributed by atoms with Crippen LogP contribution in [-0.2, 0) is 6.42 Å². The molecule has 0 N–H and O–H groups in total. The van der Waals surface area contributed by atoms with Gasteiger partial charge in [-0.15, -0.1) is 0 Å². The first-order chi connectivity index (χ1) is 9.38. The van der Waals surface area contributed by atoms with Crippen LogP contribution in [0.5, 0.6) is 5.75 Å². The van der Waals surface area contributed by atoms with E-state index in [0.717, 1.165) is 24.5 Å². The summed E-state index contributed by atoms with van der Waals surface area (Å²) in [6.45, 7) is 4.19. The van der Waals surface area contributed by atoms with Crippen LogP contribution in [0.15, 0.2) is 24.3 Å². The number of ether oxygens (including phenoxy) is 1. The summed E-state index contributed by atoms with van der Waals surface area (Å²) < 4.78 is 5.76. The van der Waals surface area contributed by atoms with Crippen molar-refractivity contribution in [1.29, 1.82) is 5.26 Å². The van der Waals surface area contributed by atoms with Crippen LogP contribution in [-0.4, -0.2) is 31.1 Å². The van der Waals surface area contributed by atoms with Crippen LogP contribution in [0.3, 0.4) is 0 Å². The van der Waals surface area contributed by atoms with Crippen LogP contribution in [0.2, 0.25) is 0 Å². The zero-order valence-electron chi connectivity index (χ0n) is 11.5. The van der Waals surface area contributed by atoms with Gasteiger partial charge >= 0.3 is 0 Å². The van der Waals surface area contributed by atoms with E-state index >= 15 is 0 Å². The Bertz CT molecular complexity index is 400. The van der Waals surface area contributed by atoms with Gasteiger partial charge in [-0.2, -0.15) is 5.26 Å². The van der Waals surface area contributed by atoms with Crippen molar-refractivity contribution in [3.63, 3.8) is 0 Å². The maximum absolute atomic E-state index is 8.61. The third-order valence-corrected chi connectivity index (χ3v) is 3.58. The molecule has 1 aromatic carbocycles. The fraction of sp³-hybridized carbons (Fsp3) is 0.562. The molecule has 1 aliphatic heterocycles. The van der Waals surface area contributed by atoms with Crippen LogP contribution in [0, 0.1) is 11.3 Å². The van der Waals surface area contributed by atoms with Gasteiger partial charge in [-0.1, -0.05) is 25.0 Å². The van der Waals surface area contributed by atoms with Gasteiger partial charge in [-0.3, -0.25) is 4.90 Å². The van der Waals surface area contributed by atoms with Gasteiger partial charge in [0.25, 0.3) is 0 Å². The smallest absolute Gasteiger partial charge is 0.119 e. The third kappa shape index (κ3) is 4.92. The third-order valence-electron chi connectivity index (χ3n) is 3.58. The molecular formula is C16H22N2O. The van der Waals surface area contributed by atoms with Gasteiger partial charge < -0.3 is 4.74 Å². The monoisotopic (exact) mass is 258 g/mol. The highest BCUT2D eigenvalue weighted by Gasteiger charge is 2.08. The van der Waals surface area contributed by atoms with Crippen molar-refractivity contribution in [3.05, 3.63) is 29.8 Å². The number of hydrogen-bond donors (Lipinski definition) is 0. The highest BCUT2D eigenvalue weighted by molar-refractivity contribution is 5.28. The summed E-state index contributed by atoms with van der Waals surface area (Å²) in [6.07, 6.45) is 5.86. The van der Waals surface area contributed by atoms with Gasteiger partial charge in [-0.25, -0.2) is 0 Å². The number of likely N-dealkylation sites (tertiary alicyclic amines) is 1. The maximum Gasteiger partial charge on any atom is 0.119 e. The molecule has 0 unspecified atom stereocenters. The summed E-state index contributed by atoms with van der Waals surface area (Å²) in [7, 11) is 0. The number of nitriles is 1. The van der Waals surface area contributed by atoms with Crippen molar-refractivity contribution in [3.8, 4) is 11.8 Å². The second kappa shape index (κ2) is 7.81. The molecule has 0 amide bonds. The molecule has 3 nitrogen and oxygen atoms in total. The first-order valence-electron chi connectivity index (χ1n) is 7.19. The molecule has 0 aromatic heterocycles. The van der Waals surface area contributed by atoms with Crippen molar-refractivity contribution in [2.24, 2.45) is 0 Å². The minimum atomic E-state index is 0.466. The average Bonchev–Trinajstić information content (AvgIpc) is 2.70. The van der Waals surface area contributed by atoms with E-state index in [-0.39, 0.29) is 0 Å². The lowest BCUT2D eigenvalue weighted by Gasteiger charge is -2.19. The van der Waals surface area contributed by atoms with E-state index in [1.807, 2.05) is 24.3 Å². The Kier molecular flexibility index (Phi) is 5.71. The lowest BCUT2D eigenvalue weighted by Crippen LogP contribution is -2.29. The summed E-state index contributed by atoms with van der Waals surface area (Å²) in [6, 6.07) is 9.98. The first kappa shape index (κ1) is 13.9. The Labute approximate surface area is 115 Å². The minimum absolute atomic E-state index is 0.466. The van der Waals surface area contributed by atoms with E-state index in [0.29, 0.717) is 6.42 Å². The molecule has 0 aliphatic carbocycles. The van der Waals surface area contributed by atoms with Gasteiger partial charge in [0, 0.05) is 6.54 Å². The summed E-state index contributed by atoms with van der Waals surface area (Å²) in [4.78, 5) is 2.50. The van der Waals surface area contributed by atoms with E-state index in [1.54, 1.807) is 0 Å². The normalized spacial score (nSPS) is 16.6. The Morgan fingerprint density at radius 3 is 2.37 bits per heavy atom. The lowest BCUT2D eigenvalue weighted by molar-refractivity contribution is 0.214. The highest BCUT2D eigenvalue weighted by atomic mass is 16.5. The second-order valence-corrected chi connectivity index (χ2v) is 5.08. The molecule has 19 heavy (non-hydrogen) atoms. The number of benzene rings is 1. The predicted molar refractivity (Wildman–Crippen MR) is 76.2 cm³/mol. The molecule has 0 bridgehead atoms. The van der Waals surface area contributed by atoms with Crippen molar-refractivity contribution in [2.75, 3.05) is 26.2 Å². The zero-order valence-corrected chi connectivity index (χ0v) is 11.5. The van der Waals surface area contributed by atoms with Crippen molar-refractivity contribution in [2.45, 2.75) is 32.1 Å². The van der Waals surface area contributed by atoms with E-state index in [9.17, 15) is 0 Å². The molecule has 102 valence electrons. The van der Waals surface area contributed by atoms with Gasteiger partial charge in [-0.05, 0) is 43.6 Å². The summed E-state index contributed by atoms with van der Waals surface area (Å²) >= 11 is 0. The molecule has 3 heteroatoms. The summed E-state index contributed by atoms with van der Waals surface area (Å²) in [5.41, 5.74) is 1.04. The van der Waals surface area contributed by atoms with E-state index in [1.165, 1.54) is 38.8 Å². The first-order valence-corrected chi connectivity index (χ1v) is 7.19. The Morgan fingerprint density at radius 2 is 1.74 bits per heavy atom. The maximum atomic E-state index is 8.61. The Balaban J connectivity index is 1.71. The fourth-order valence-electron chi connectivity index (χ4n) is 2.45. The molecule has 2 rings (SSSR count). The molecule has 1 heterocycles. The minimum Gasteiger partial charge on any atom is -0.492 e. The van der Waals surface area contributed by atoms with Crippen molar-refractivity contribution in [1.82, 2.24) is 4.90 Å². The van der Waals surface area contributed by atoms with Gasteiger partial charge in [0.05, 0.1) is 12.5 Å². The molecule has 0 spiro atoms. The Hall–Kier alpha value is -1.53.